The van der Waals surface area contributed by atoms with Crippen molar-refractivity contribution in [2.45, 2.75) is 12.8 Å². The molecule has 0 aliphatic carbocycles. The van der Waals surface area contributed by atoms with Gasteiger partial charge in [-0.25, -0.2) is 13.6 Å². The first-order chi connectivity index (χ1) is 14.9. The molecule has 1 aliphatic heterocycles. The van der Waals surface area contributed by atoms with Crippen LogP contribution in [0, 0.1) is 28.9 Å². The summed E-state index contributed by atoms with van der Waals surface area (Å²) in [5.41, 5.74) is 1.13. The Bertz CT molecular complexity index is 960. The molecule has 1 atom stereocenters. The van der Waals surface area contributed by atoms with Crippen LogP contribution < -0.4 is 9.47 Å². The minimum Gasteiger partial charge on any atom is -0.496 e. The zero-order valence-electron chi connectivity index (χ0n) is 17.6. The van der Waals surface area contributed by atoms with Crippen LogP contribution in [0.15, 0.2) is 36.4 Å². The summed E-state index contributed by atoms with van der Waals surface area (Å²) in [6, 6.07) is 11.0. The molecule has 164 valence electrons. The van der Waals surface area contributed by atoms with E-state index in [9.17, 15) is 13.6 Å². The van der Waals surface area contributed by atoms with Gasteiger partial charge in [-0.15, -0.1) is 0 Å². The third-order valence-electron chi connectivity index (χ3n) is 5.32. The second-order valence-corrected chi connectivity index (χ2v) is 7.55. The molecule has 2 aromatic carbocycles. The molecule has 8 heteroatoms. The second kappa shape index (κ2) is 10.1. The molecule has 0 radical (unpaired) electrons. The molecule has 1 heterocycles. The van der Waals surface area contributed by atoms with Gasteiger partial charge in [0, 0.05) is 37.7 Å². The molecule has 1 saturated heterocycles. The Morgan fingerprint density at radius 1 is 1.26 bits per heavy atom. The highest BCUT2D eigenvalue weighted by Crippen LogP contribution is 2.33. The summed E-state index contributed by atoms with van der Waals surface area (Å²) >= 11 is 0. The van der Waals surface area contributed by atoms with Crippen molar-refractivity contribution in [3.05, 3.63) is 48.0 Å². The largest absolute Gasteiger partial charge is 0.496 e. The lowest BCUT2D eigenvalue weighted by Gasteiger charge is -2.34. The Morgan fingerprint density at radius 3 is 2.65 bits per heavy atom. The number of benzene rings is 2. The van der Waals surface area contributed by atoms with Gasteiger partial charge in [0.25, 0.3) is 0 Å². The highest BCUT2D eigenvalue weighted by Gasteiger charge is 2.26. The van der Waals surface area contributed by atoms with Crippen LogP contribution in [0.5, 0.6) is 11.5 Å². The smallest absolute Gasteiger partial charge is 0.320 e. The number of ether oxygens (including phenoxy) is 2. The van der Waals surface area contributed by atoms with Crippen LogP contribution >= 0.6 is 0 Å². The molecule has 1 unspecified atom stereocenters. The maximum Gasteiger partial charge on any atom is 0.320 e. The summed E-state index contributed by atoms with van der Waals surface area (Å²) in [7, 11) is 3.03. The summed E-state index contributed by atoms with van der Waals surface area (Å²) < 4.78 is 38.2. The summed E-state index contributed by atoms with van der Waals surface area (Å²) in [6.45, 7) is 1.78. The van der Waals surface area contributed by atoms with Crippen LogP contribution in [0.25, 0.3) is 11.1 Å². The number of nitriles is 1. The molecule has 0 aromatic heterocycles. The van der Waals surface area contributed by atoms with Crippen molar-refractivity contribution in [2.24, 2.45) is 5.92 Å². The quantitative estimate of drug-likeness (QED) is 0.642. The van der Waals surface area contributed by atoms with E-state index in [1.54, 1.807) is 36.2 Å². The summed E-state index contributed by atoms with van der Waals surface area (Å²) in [6.07, 6.45) is 1.84. The first kappa shape index (κ1) is 22.3. The third kappa shape index (κ3) is 5.43. The Kier molecular flexibility index (Phi) is 7.29. The van der Waals surface area contributed by atoms with Crippen LogP contribution in [0.2, 0.25) is 0 Å². The molecule has 3 rings (SSSR count). The normalized spacial score (nSPS) is 15.8. The molecule has 2 aromatic rings. The van der Waals surface area contributed by atoms with Gasteiger partial charge in [-0.2, -0.15) is 5.26 Å². The fourth-order valence-electron chi connectivity index (χ4n) is 3.66. The van der Waals surface area contributed by atoms with Gasteiger partial charge >= 0.3 is 6.03 Å². The number of urea groups is 1. The van der Waals surface area contributed by atoms with E-state index in [1.165, 1.54) is 12.0 Å². The number of hydrogen-bond acceptors (Lipinski definition) is 4. The van der Waals surface area contributed by atoms with Gasteiger partial charge in [0.15, 0.2) is 11.6 Å². The average molecular weight is 429 g/mol. The van der Waals surface area contributed by atoms with E-state index in [4.69, 9.17) is 14.7 Å². The van der Waals surface area contributed by atoms with E-state index in [2.05, 4.69) is 0 Å². The summed E-state index contributed by atoms with van der Waals surface area (Å²) in [5.74, 6) is -0.803. The van der Waals surface area contributed by atoms with Gasteiger partial charge in [0.05, 0.1) is 19.8 Å². The standard InChI is InChI=1S/C23H25F2N3O3/c1-27(11-9-26)23(29)28-10-3-4-16(14-28)15-31-18-7-5-17(6-8-18)19-12-20(24)21(25)13-22(19)30-2/h5-8,12-13,16H,3-4,10-11,14-15H2,1-2H3. The number of nitrogens with zero attached hydrogens (tertiary/aromatic N) is 3. The summed E-state index contributed by atoms with van der Waals surface area (Å²) in [4.78, 5) is 15.5. The van der Waals surface area contributed by atoms with E-state index in [1.807, 2.05) is 6.07 Å². The first-order valence-corrected chi connectivity index (χ1v) is 10.1. The highest BCUT2D eigenvalue weighted by molar-refractivity contribution is 5.74. The zero-order valence-corrected chi connectivity index (χ0v) is 17.6. The topological polar surface area (TPSA) is 65.8 Å². The number of likely N-dealkylation sites (tertiary alicyclic amines) is 1. The van der Waals surface area contributed by atoms with Crippen molar-refractivity contribution in [3.8, 4) is 28.7 Å². The Hall–Kier alpha value is -3.34. The van der Waals surface area contributed by atoms with Gasteiger partial charge in [-0.1, -0.05) is 12.1 Å². The number of carbonyl (C=O) groups is 1. The van der Waals surface area contributed by atoms with Crippen molar-refractivity contribution in [1.82, 2.24) is 9.80 Å². The predicted octanol–water partition coefficient (Wildman–Crippen LogP) is 4.31. The maximum atomic E-state index is 13.7. The lowest BCUT2D eigenvalue weighted by Crippen LogP contribution is -2.47. The molecule has 0 saturated carbocycles. The van der Waals surface area contributed by atoms with Crippen molar-refractivity contribution < 1.29 is 23.0 Å². The van der Waals surface area contributed by atoms with Gasteiger partial charge in [0.1, 0.15) is 18.0 Å². The molecule has 0 N–H and O–H groups in total. The number of methoxy groups -OCH3 is 1. The molecule has 0 spiro atoms. The van der Waals surface area contributed by atoms with E-state index >= 15 is 0 Å². The monoisotopic (exact) mass is 429 g/mol. The SMILES string of the molecule is COc1cc(F)c(F)cc1-c1ccc(OCC2CCCN(C(=O)N(C)CC#N)C2)cc1. The van der Waals surface area contributed by atoms with Crippen molar-refractivity contribution >= 4 is 6.03 Å². The Balaban J connectivity index is 1.60. The van der Waals surface area contributed by atoms with Crippen LogP contribution in [0.1, 0.15) is 12.8 Å². The third-order valence-corrected chi connectivity index (χ3v) is 5.32. The van der Waals surface area contributed by atoms with Gasteiger partial charge in [-0.3, -0.25) is 0 Å². The lowest BCUT2D eigenvalue weighted by molar-refractivity contribution is 0.120. The zero-order chi connectivity index (χ0) is 22.4. The van der Waals surface area contributed by atoms with Gasteiger partial charge in [0.2, 0.25) is 0 Å². The minimum absolute atomic E-state index is 0.0611. The van der Waals surface area contributed by atoms with E-state index in [0.29, 0.717) is 36.6 Å². The number of halogens is 2. The number of hydrogen-bond donors (Lipinski definition) is 0. The molecule has 1 fully saturated rings. The number of carbonyl (C=O) groups excluding carboxylic acids is 1. The molecular formula is C23H25F2N3O3. The van der Waals surface area contributed by atoms with Gasteiger partial charge in [-0.05, 0) is 36.6 Å². The molecule has 6 nitrogen and oxygen atoms in total. The number of rotatable bonds is 6. The lowest BCUT2D eigenvalue weighted by atomic mass is 9.99. The highest BCUT2D eigenvalue weighted by atomic mass is 19.2. The second-order valence-electron chi connectivity index (χ2n) is 7.55. The molecule has 2 amide bonds. The van der Waals surface area contributed by atoms with Crippen molar-refractivity contribution in [2.75, 3.05) is 40.4 Å². The van der Waals surface area contributed by atoms with Crippen molar-refractivity contribution in [1.29, 1.82) is 5.26 Å². The molecule has 0 bridgehead atoms. The molecule has 31 heavy (non-hydrogen) atoms. The van der Waals surface area contributed by atoms with Crippen LogP contribution in [0.4, 0.5) is 13.6 Å². The van der Waals surface area contributed by atoms with Gasteiger partial charge < -0.3 is 19.3 Å². The van der Waals surface area contributed by atoms with Crippen LogP contribution in [-0.2, 0) is 0 Å². The number of amides is 2. The fraction of sp³-hybridized carbons (Fsp3) is 0.391. The summed E-state index contributed by atoms with van der Waals surface area (Å²) in [5, 5.41) is 8.77. The molecule has 1 aliphatic rings. The first-order valence-electron chi connectivity index (χ1n) is 10.1. The predicted molar refractivity (Wildman–Crippen MR) is 112 cm³/mol. The van der Waals surface area contributed by atoms with Crippen molar-refractivity contribution in [3.63, 3.8) is 0 Å². The number of piperidine rings is 1. The fourth-order valence-corrected chi connectivity index (χ4v) is 3.66. The van der Waals surface area contributed by atoms with Crippen LogP contribution in [-0.4, -0.2) is 56.2 Å². The van der Waals surface area contributed by atoms with E-state index in [0.717, 1.165) is 25.0 Å². The minimum atomic E-state index is -0.959. The average Bonchev–Trinajstić information content (AvgIpc) is 2.79. The Morgan fingerprint density at radius 2 is 1.97 bits per heavy atom. The Labute approximate surface area is 180 Å². The van der Waals surface area contributed by atoms with E-state index in [-0.39, 0.29) is 24.2 Å². The van der Waals surface area contributed by atoms with E-state index < -0.39 is 11.6 Å². The maximum absolute atomic E-state index is 13.7. The molecular weight excluding hydrogens is 404 g/mol. The van der Waals surface area contributed by atoms with Crippen LogP contribution in [0.3, 0.4) is 0 Å².